The average molecular weight is 1680 g/mol. The van der Waals surface area contributed by atoms with Crippen LogP contribution in [0.5, 0.6) is 0 Å². The lowest BCUT2D eigenvalue weighted by molar-refractivity contribution is -0.162. The molecule has 0 aliphatic heterocycles. The van der Waals surface area contributed by atoms with Crippen molar-refractivity contribution < 1.29 is 147 Å². The molecule has 0 unspecified atom stereocenters. The minimum atomic E-state index is -1.30. The van der Waals surface area contributed by atoms with Crippen LogP contribution in [0.1, 0.15) is 168 Å². The Morgan fingerprint density at radius 2 is 0.491 bits per heavy atom. The van der Waals surface area contributed by atoms with Gasteiger partial charge in [0.2, 0.25) is 5.91 Å². The number of hydrogen-bond acceptors (Lipinski definition) is 30. The first kappa shape index (κ1) is 113. The predicted molar refractivity (Wildman–Crippen MR) is 437 cm³/mol. The van der Waals surface area contributed by atoms with Crippen LogP contribution in [0.3, 0.4) is 0 Å². The highest BCUT2D eigenvalue weighted by molar-refractivity contribution is 6.03. The summed E-state index contributed by atoms with van der Waals surface area (Å²) in [6.45, 7) is 28.8. The molecule has 0 spiro atoms. The normalized spacial score (nSPS) is 12.2. The third kappa shape index (κ3) is 88.4. The number of esters is 2. The van der Waals surface area contributed by atoms with E-state index in [4.69, 9.17) is 128 Å². The molecule has 0 aromatic heterocycles. The largest absolute Gasteiger partial charge is 0.481 e. The zero-order valence-corrected chi connectivity index (χ0v) is 72.2. The van der Waals surface area contributed by atoms with Crippen molar-refractivity contribution in [2.45, 2.75) is 168 Å². The second-order valence-corrected chi connectivity index (χ2v) is 26.8. The van der Waals surface area contributed by atoms with Crippen molar-refractivity contribution >= 4 is 23.8 Å². The van der Waals surface area contributed by atoms with E-state index in [1.165, 1.54) is 38.5 Å². The topological polar surface area (TPSA) is 341 Å². The summed E-state index contributed by atoms with van der Waals surface area (Å²) in [5, 5.41) is 11.6. The molecule has 0 radical (unpaired) electrons. The first-order chi connectivity index (χ1) is 57.3. The van der Waals surface area contributed by atoms with Crippen LogP contribution in [0, 0.1) is 5.41 Å². The summed E-state index contributed by atoms with van der Waals surface area (Å²) >= 11 is 0. The van der Waals surface area contributed by atoms with Gasteiger partial charge in [-0.25, -0.2) is 0 Å². The van der Waals surface area contributed by atoms with Crippen molar-refractivity contribution in [1.29, 1.82) is 0 Å². The number of rotatable bonds is 103. The molecule has 0 saturated carbocycles. The molecule has 0 aliphatic carbocycles. The lowest BCUT2D eigenvalue weighted by atomic mass is 9.78. The van der Waals surface area contributed by atoms with Crippen molar-refractivity contribution in [2.24, 2.45) is 5.41 Å². The Morgan fingerprint density at radius 1 is 0.250 bits per heavy atom. The van der Waals surface area contributed by atoms with E-state index in [0.29, 0.717) is 336 Å². The molecule has 0 aliphatic rings. The van der Waals surface area contributed by atoms with E-state index >= 15 is 0 Å². The van der Waals surface area contributed by atoms with Crippen LogP contribution in [-0.2, 0) is 142 Å². The molecular formula is C84H161NO31. The van der Waals surface area contributed by atoms with Crippen molar-refractivity contribution in [3.8, 4) is 0 Å². The van der Waals surface area contributed by atoms with Crippen molar-refractivity contribution in [3.05, 3.63) is 12.2 Å². The third-order valence-electron chi connectivity index (χ3n) is 17.0. The molecule has 32 nitrogen and oxygen atoms in total. The van der Waals surface area contributed by atoms with Gasteiger partial charge in [-0.15, -0.1) is 0 Å². The molecule has 2 N–H and O–H groups in total. The van der Waals surface area contributed by atoms with Gasteiger partial charge >= 0.3 is 17.9 Å². The molecule has 0 aromatic carbocycles. The van der Waals surface area contributed by atoms with Crippen LogP contribution >= 0.6 is 0 Å². The highest BCUT2D eigenvalue weighted by Crippen LogP contribution is 2.33. The lowest BCUT2D eigenvalue weighted by Crippen LogP contribution is -2.48. The second-order valence-electron chi connectivity index (χ2n) is 26.8. The number of carbonyl (C=O) groups excluding carboxylic acids is 3. The molecule has 0 fully saturated rings. The fourth-order valence-electron chi connectivity index (χ4n) is 10.4. The van der Waals surface area contributed by atoms with Gasteiger partial charge < -0.3 is 134 Å². The average Bonchev–Trinajstić information content (AvgIpc) is 0.809. The predicted octanol–water partition coefficient (Wildman–Crippen LogP) is 9.25. The number of allylic oxidation sites excluding steroid dienone is 2. The molecule has 1 amide bonds. The number of hydrogen-bond donors (Lipinski definition) is 2. The lowest BCUT2D eigenvalue weighted by Gasteiger charge is -2.29. The molecule has 688 valence electrons. The van der Waals surface area contributed by atoms with Gasteiger partial charge in [0.1, 0.15) is 5.41 Å². The quantitative estimate of drug-likeness (QED) is 0.0248. The molecule has 0 bridgehead atoms. The van der Waals surface area contributed by atoms with Crippen molar-refractivity contribution in [1.82, 2.24) is 5.32 Å². The van der Waals surface area contributed by atoms with Gasteiger partial charge in [0.15, 0.2) is 0 Å². The van der Waals surface area contributed by atoms with Gasteiger partial charge in [0.05, 0.1) is 337 Å². The Balaban J connectivity index is 3.60. The molecule has 116 heavy (non-hydrogen) atoms. The molecule has 0 aromatic rings. The molecule has 1 atom stereocenters. The van der Waals surface area contributed by atoms with Crippen LogP contribution in [0.2, 0.25) is 0 Å². The van der Waals surface area contributed by atoms with Gasteiger partial charge in [0.25, 0.3) is 0 Å². The Morgan fingerprint density at radius 3 is 0.776 bits per heavy atom. The number of unbranched alkanes of at least 4 members (excludes halogenated alkanes) is 15. The van der Waals surface area contributed by atoms with Crippen LogP contribution in [0.15, 0.2) is 12.2 Å². The summed E-state index contributed by atoms with van der Waals surface area (Å²) < 4.78 is 144. The Kier molecular flexibility index (Phi) is 95.9. The molecule has 32 heteroatoms. The maximum atomic E-state index is 14.1. The SMILES string of the molecule is CCCCCCCCCCC[C@@](C/C=C/CCCCCCCC(=O)OCCCC)(C(=O)NCCOCCOCCOCCOCCOCCOCCOCCOCCOCCOCCOCCOCCOCCOCCOCCOCCOCCOCCOCCOCCOCCOCCOCCOCCC(=O)O)C(=O)OCCCC. The number of aliphatic carboxylic acids is 1. The number of carboxylic acid groups (broad SMARTS) is 1. The molecule has 0 saturated heterocycles. The molecule has 0 rings (SSSR count). The zero-order valence-electron chi connectivity index (χ0n) is 72.2. The van der Waals surface area contributed by atoms with Crippen LogP contribution in [-0.4, -0.2) is 366 Å². The van der Waals surface area contributed by atoms with Crippen molar-refractivity contribution in [2.75, 3.05) is 337 Å². The van der Waals surface area contributed by atoms with Crippen LogP contribution < -0.4 is 5.32 Å². The number of carbonyl (C=O) groups is 4. The summed E-state index contributed by atoms with van der Waals surface area (Å²) in [7, 11) is 0. The second kappa shape index (κ2) is 98.8. The van der Waals surface area contributed by atoms with Crippen LogP contribution in [0.4, 0.5) is 0 Å². The number of carboxylic acids is 1. The zero-order chi connectivity index (χ0) is 83.6. The maximum absolute atomic E-state index is 14.1. The van der Waals surface area contributed by atoms with E-state index in [9.17, 15) is 19.2 Å². The summed E-state index contributed by atoms with van der Waals surface area (Å²) in [6, 6.07) is 0. The number of ether oxygens (including phenoxy) is 26. The smallest absolute Gasteiger partial charge is 0.321 e. The first-order valence-electron chi connectivity index (χ1n) is 43.7. The molecular weight excluding hydrogens is 1520 g/mol. The summed E-state index contributed by atoms with van der Waals surface area (Å²) in [5.41, 5.74) is -1.30. The number of amides is 1. The minimum Gasteiger partial charge on any atom is -0.481 e. The fraction of sp³-hybridized carbons (Fsp3) is 0.929. The van der Waals surface area contributed by atoms with E-state index in [-0.39, 0.29) is 38.1 Å². The van der Waals surface area contributed by atoms with Gasteiger partial charge in [0, 0.05) is 13.0 Å². The standard InChI is InChI=1S/C84H161NO31/c1-4-7-10-11-12-14-17-20-23-27-84(83(90)116-31-9-6-3,28-24-21-18-15-13-16-19-22-25-81(88)115-30-8-5-2)82(89)85-29-33-92-35-37-94-39-41-96-43-45-98-47-49-100-51-53-102-55-57-104-59-61-106-63-65-108-67-69-110-71-73-112-75-77-114-79-78-113-76-74-111-72-70-109-68-66-107-64-62-105-60-58-103-56-54-101-52-50-99-48-46-97-44-42-95-40-38-93-36-34-91-32-26-80(86)87/h21,24H,4-20,22-23,25-79H2,1-3H3,(H,85,89)(H,86,87)/b24-21+/t84-/m1/s1. The van der Waals surface area contributed by atoms with Gasteiger partial charge in [-0.1, -0.05) is 123 Å². The Bertz CT molecular complexity index is 2010. The Hall–Kier alpha value is -3.34. The van der Waals surface area contributed by atoms with E-state index in [2.05, 4.69) is 32.2 Å². The summed E-state index contributed by atoms with van der Waals surface area (Å²) in [5.74, 6) is -1.73. The van der Waals surface area contributed by atoms with Crippen molar-refractivity contribution in [3.63, 3.8) is 0 Å². The summed E-state index contributed by atoms with van der Waals surface area (Å²) in [4.78, 5) is 50.4. The fourth-order valence-corrected chi connectivity index (χ4v) is 10.4. The van der Waals surface area contributed by atoms with E-state index in [1.54, 1.807) is 0 Å². The summed E-state index contributed by atoms with van der Waals surface area (Å²) in [6.07, 6.45) is 24.9. The van der Waals surface area contributed by atoms with E-state index in [1.807, 2.05) is 6.08 Å². The minimum absolute atomic E-state index is 0.0129. The van der Waals surface area contributed by atoms with E-state index < -0.39 is 17.4 Å². The van der Waals surface area contributed by atoms with Gasteiger partial charge in [-0.2, -0.15) is 0 Å². The van der Waals surface area contributed by atoms with Gasteiger partial charge in [-0.3, -0.25) is 19.2 Å². The maximum Gasteiger partial charge on any atom is 0.321 e. The molecule has 0 heterocycles. The number of nitrogens with one attached hydrogen (secondary N) is 1. The van der Waals surface area contributed by atoms with Gasteiger partial charge in [-0.05, 0) is 44.9 Å². The highest BCUT2D eigenvalue weighted by atomic mass is 16.6. The van der Waals surface area contributed by atoms with E-state index in [0.717, 1.165) is 83.5 Å². The van der Waals surface area contributed by atoms with Crippen LogP contribution in [0.25, 0.3) is 0 Å². The monoisotopic (exact) mass is 1680 g/mol. The first-order valence-corrected chi connectivity index (χ1v) is 43.7. The third-order valence-corrected chi connectivity index (χ3v) is 17.0. The Labute approximate surface area is 696 Å². The highest BCUT2D eigenvalue weighted by Gasteiger charge is 2.46.